The number of carbonyl (C=O) groups excluding carboxylic acids is 2. The van der Waals surface area contributed by atoms with Crippen molar-refractivity contribution in [1.29, 1.82) is 0 Å². The summed E-state index contributed by atoms with van der Waals surface area (Å²) in [5.74, 6) is -3.19. The number of nitrogens with zero attached hydrogens (tertiary/aromatic N) is 1. The number of rotatable bonds is 5. The maximum atomic E-state index is 12.7. The van der Waals surface area contributed by atoms with Crippen molar-refractivity contribution in [2.45, 2.75) is 26.3 Å². The van der Waals surface area contributed by atoms with E-state index in [0.717, 1.165) is 5.56 Å². The minimum Gasteiger partial charge on any atom is -0.481 e. The molecule has 1 aromatic carbocycles. The monoisotopic (exact) mass is 317 g/mol. The van der Waals surface area contributed by atoms with E-state index < -0.39 is 24.3 Å². The lowest BCUT2D eigenvalue weighted by molar-refractivity contribution is -0.143. The van der Waals surface area contributed by atoms with Gasteiger partial charge in [-0.15, -0.1) is 0 Å². The number of carbonyl (C=O) groups is 3. The Kier molecular flexibility index (Phi) is 4.83. The minimum absolute atomic E-state index is 0.127. The molecular weight excluding hydrogens is 298 g/mol. The SMILES string of the molecule is COC(=O)C1=C(C)N([C@@H](C)c2ccccc2)C(=O)[C@H]1CC(=O)O. The Morgan fingerprint density at radius 3 is 2.43 bits per heavy atom. The number of amides is 1. The van der Waals surface area contributed by atoms with Gasteiger partial charge in [0.15, 0.2) is 0 Å². The molecule has 0 radical (unpaired) electrons. The van der Waals surface area contributed by atoms with Gasteiger partial charge in [0.2, 0.25) is 5.91 Å². The van der Waals surface area contributed by atoms with E-state index >= 15 is 0 Å². The molecule has 0 fully saturated rings. The molecule has 6 nitrogen and oxygen atoms in total. The maximum Gasteiger partial charge on any atom is 0.336 e. The number of hydrogen-bond acceptors (Lipinski definition) is 4. The predicted octanol–water partition coefficient (Wildman–Crippen LogP) is 2.13. The van der Waals surface area contributed by atoms with E-state index in [1.54, 1.807) is 6.92 Å². The molecule has 23 heavy (non-hydrogen) atoms. The van der Waals surface area contributed by atoms with Gasteiger partial charge >= 0.3 is 11.9 Å². The van der Waals surface area contributed by atoms with Crippen LogP contribution in [0.15, 0.2) is 41.6 Å². The Labute approximate surface area is 134 Å². The van der Waals surface area contributed by atoms with Crippen LogP contribution in [0.4, 0.5) is 0 Å². The second-order valence-electron chi connectivity index (χ2n) is 5.44. The first-order valence-electron chi connectivity index (χ1n) is 7.27. The molecule has 0 aromatic heterocycles. The molecule has 0 spiro atoms. The lowest BCUT2D eigenvalue weighted by Crippen LogP contribution is -2.32. The Morgan fingerprint density at radius 1 is 1.30 bits per heavy atom. The molecule has 2 atom stereocenters. The van der Waals surface area contributed by atoms with Crippen LogP contribution in [-0.4, -0.2) is 35.0 Å². The smallest absolute Gasteiger partial charge is 0.336 e. The highest BCUT2D eigenvalue weighted by Crippen LogP contribution is 2.38. The van der Waals surface area contributed by atoms with Crippen molar-refractivity contribution in [3.05, 3.63) is 47.2 Å². The summed E-state index contributed by atoms with van der Waals surface area (Å²) in [5.41, 5.74) is 1.48. The van der Waals surface area contributed by atoms with Gasteiger partial charge in [-0.2, -0.15) is 0 Å². The third-order valence-corrected chi connectivity index (χ3v) is 4.09. The molecule has 0 saturated carbocycles. The zero-order chi connectivity index (χ0) is 17.1. The first-order chi connectivity index (χ1) is 10.9. The summed E-state index contributed by atoms with van der Waals surface area (Å²) in [6.07, 6.45) is -0.432. The molecule has 1 amide bonds. The van der Waals surface area contributed by atoms with Gasteiger partial charge in [-0.05, 0) is 19.4 Å². The van der Waals surface area contributed by atoms with Crippen molar-refractivity contribution >= 4 is 17.8 Å². The number of carboxylic acid groups (broad SMARTS) is 1. The van der Waals surface area contributed by atoms with Crippen molar-refractivity contribution in [3.8, 4) is 0 Å². The second-order valence-corrected chi connectivity index (χ2v) is 5.44. The van der Waals surface area contributed by atoms with Gasteiger partial charge in [-0.25, -0.2) is 4.79 Å². The Bertz CT molecular complexity index is 665. The number of ether oxygens (including phenoxy) is 1. The number of benzene rings is 1. The number of esters is 1. The summed E-state index contributed by atoms with van der Waals surface area (Å²) in [4.78, 5) is 37.3. The fourth-order valence-electron chi connectivity index (χ4n) is 2.96. The molecule has 1 N–H and O–H groups in total. The molecule has 122 valence electrons. The first-order valence-corrected chi connectivity index (χ1v) is 7.27. The highest BCUT2D eigenvalue weighted by Gasteiger charge is 2.44. The summed E-state index contributed by atoms with van der Waals surface area (Å²) >= 11 is 0. The van der Waals surface area contributed by atoms with Crippen molar-refractivity contribution in [1.82, 2.24) is 4.90 Å². The summed E-state index contributed by atoms with van der Waals surface area (Å²) < 4.78 is 4.73. The zero-order valence-electron chi connectivity index (χ0n) is 13.3. The van der Waals surface area contributed by atoms with Crippen LogP contribution in [0.1, 0.15) is 31.9 Å². The van der Waals surface area contributed by atoms with Crippen LogP contribution in [0.25, 0.3) is 0 Å². The molecular formula is C17H19NO5. The van der Waals surface area contributed by atoms with E-state index in [1.165, 1.54) is 12.0 Å². The molecule has 1 aliphatic heterocycles. The molecule has 1 heterocycles. The van der Waals surface area contributed by atoms with Gasteiger partial charge in [0.1, 0.15) is 0 Å². The molecule has 6 heteroatoms. The number of methoxy groups -OCH3 is 1. The molecule has 2 rings (SSSR count). The van der Waals surface area contributed by atoms with Crippen molar-refractivity contribution in [2.75, 3.05) is 7.11 Å². The normalized spacial score (nSPS) is 19.0. The Morgan fingerprint density at radius 2 is 1.91 bits per heavy atom. The highest BCUT2D eigenvalue weighted by molar-refractivity contribution is 6.03. The van der Waals surface area contributed by atoms with Crippen LogP contribution in [0.2, 0.25) is 0 Å². The van der Waals surface area contributed by atoms with Crippen LogP contribution in [-0.2, 0) is 19.1 Å². The molecule has 1 aliphatic rings. The van der Waals surface area contributed by atoms with Crippen LogP contribution >= 0.6 is 0 Å². The van der Waals surface area contributed by atoms with Gasteiger partial charge < -0.3 is 14.7 Å². The molecule has 0 unspecified atom stereocenters. The van der Waals surface area contributed by atoms with Crippen molar-refractivity contribution in [3.63, 3.8) is 0 Å². The van der Waals surface area contributed by atoms with Crippen LogP contribution < -0.4 is 0 Å². The van der Waals surface area contributed by atoms with E-state index in [9.17, 15) is 14.4 Å². The average molecular weight is 317 g/mol. The van der Waals surface area contributed by atoms with Gasteiger partial charge in [-0.1, -0.05) is 30.3 Å². The number of aliphatic carboxylic acids is 1. The van der Waals surface area contributed by atoms with Crippen LogP contribution in [0, 0.1) is 5.92 Å². The van der Waals surface area contributed by atoms with Gasteiger partial charge in [0.25, 0.3) is 0 Å². The minimum atomic E-state index is -1.13. The lowest BCUT2D eigenvalue weighted by Gasteiger charge is -2.27. The molecule has 0 saturated heterocycles. The quantitative estimate of drug-likeness (QED) is 0.841. The Balaban J connectivity index is 2.44. The molecule has 0 aliphatic carbocycles. The van der Waals surface area contributed by atoms with E-state index in [0.29, 0.717) is 5.70 Å². The summed E-state index contributed by atoms with van der Waals surface area (Å²) in [5, 5.41) is 9.05. The Hall–Kier alpha value is -2.63. The van der Waals surface area contributed by atoms with E-state index in [-0.39, 0.29) is 17.5 Å². The standard InChI is InChI=1S/C17H19NO5/c1-10(12-7-5-4-6-8-12)18-11(2)15(17(22)23-3)13(16(18)21)9-14(19)20/h4-8,10,13H,9H2,1-3H3,(H,19,20)/t10-,13-/m0/s1. The number of allylic oxidation sites excluding steroid dienone is 1. The fraction of sp³-hybridized carbons (Fsp3) is 0.353. The number of carboxylic acids is 1. The number of hydrogen-bond donors (Lipinski definition) is 1. The van der Waals surface area contributed by atoms with Gasteiger partial charge in [-0.3, -0.25) is 9.59 Å². The van der Waals surface area contributed by atoms with Crippen molar-refractivity contribution in [2.24, 2.45) is 5.92 Å². The topological polar surface area (TPSA) is 83.9 Å². The van der Waals surface area contributed by atoms with Gasteiger partial charge in [0.05, 0.1) is 31.1 Å². The predicted molar refractivity (Wildman–Crippen MR) is 82.2 cm³/mol. The summed E-state index contributed by atoms with van der Waals surface area (Å²) in [7, 11) is 1.22. The maximum absolute atomic E-state index is 12.7. The van der Waals surface area contributed by atoms with Gasteiger partial charge in [0, 0.05) is 5.70 Å². The van der Waals surface area contributed by atoms with E-state index in [2.05, 4.69) is 0 Å². The fourth-order valence-corrected chi connectivity index (χ4v) is 2.96. The highest BCUT2D eigenvalue weighted by atomic mass is 16.5. The van der Waals surface area contributed by atoms with Crippen LogP contribution in [0.5, 0.6) is 0 Å². The zero-order valence-corrected chi connectivity index (χ0v) is 13.3. The third kappa shape index (κ3) is 3.11. The average Bonchev–Trinajstić information content (AvgIpc) is 2.77. The van der Waals surface area contributed by atoms with Crippen molar-refractivity contribution < 1.29 is 24.2 Å². The van der Waals surface area contributed by atoms with E-state index in [1.807, 2.05) is 37.3 Å². The molecule has 0 bridgehead atoms. The summed E-state index contributed by atoms with van der Waals surface area (Å²) in [6.45, 7) is 3.49. The van der Waals surface area contributed by atoms with Crippen LogP contribution in [0.3, 0.4) is 0 Å². The third-order valence-electron chi connectivity index (χ3n) is 4.09. The largest absolute Gasteiger partial charge is 0.481 e. The first kappa shape index (κ1) is 16.7. The summed E-state index contributed by atoms with van der Waals surface area (Å²) in [6, 6.07) is 9.06. The van der Waals surface area contributed by atoms with E-state index in [4.69, 9.17) is 9.84 Å². The molecule has 1 aromatic rings. The second kappa shape index (κ2) is 6.64. The lowest BCUT2D eigenvalue weighted by atomic mass is 9.96.